The lowest BCUT2D eigenvalue weighted by Crippen LogP contribution is -2.16. The highest BCUT2D eigenvalue weighted by molar-refractivity contribution is 7.99. The number of thioether (sulfide) groups is 1. The number of hydrogen-bond acceptors (Lipinski definition) is 10. The van der Waals surface area contributed by atoms with Crippen LogP contribution in [0.15, 0.2) is 23.4 Å². The molecule has 1 amide bonds. The van der Waals surface area contributed by atoms with Gasteiger partial charge in [-0.05, 0) is 30.7 Å². The van der Waals surface area contributed by atoms with Gasteiger partial charge >= 0.3 is 11.9 Å². The first-order valence-corrected chi connectivity index (χ1v) is 12.4. The number of benzene rings is 1. The summed E-state index contributed by atoms with van der Waals surface area (Å²) in [6, 6.07) is 4.89. The van der Waals surface area contributed by atoms with Crippen LogP contribution in [0, 0.1) is 6.92 Å². The number of methoxy groups -OCH3 is 2. The Bertz CT molecular complexity index is 1280. The number of aromatic nitrogens is 3. The number of carbonyl (C=O) groups is 3. The lowest BCUT2D eigenvalue weighted by molar-refractivity contribution is -0.113. The standard InChI is InChI=1S/C21H20Cl2N4O6S2/c1-10-16(19(29)31-3)18(35-17(10)20(30)32-4)24-15(28)9-34-21-26-25-14(27(21)2)8-33-13-6-5-11(22)7-12(13)23/h5-7H,8-9H2,1-4H3,(H,24,28). The normalized spacial score (nSPS) is 10.7. The average Bonchev–Trinajstić information content (AvgIpc) is 3.34. The summed E-state index contributed by atoms with van der Waals surface area (Å²) >= 11 is 14.1. The zero-order valence-corrected chi connectivity index (χ0v) is 22.2. The van der Waals surface area contributed by atoms with E-state index < -0.39 is 17.8 Å². The monoisotopic (exact) mass is 558 g/mol. The highest BCUT2D eigenvalue weighted by Gasteiger charge is 2.27. The molecule has 0 aliphatic carbocycles. The smallest absolute Gasteiger partial charge is 0.348 e. The van der Waals surface area contributed by atoms with Gasteiger partial charge in [-0.25, -0.2) is 9.59 Å². The molecule has 3 aromatic rings. The minimum absolute atomic E-state index is 0.0268. The van der Waals surface area contributed by atoms with Crippen molar-refractivity contribution in [2.45, 2.75) is 18.7 Å². The lowest BCUT2D eigenvalue weighted by Gasteiger charge is -2.08. The molecule has 186 valence electrons. The van der Waals surface area contributed by atoms with Crippen LogP contribution in [0.3, 0.4) is 0 Å². The van der Waals surface area contributed by atoms with Crippen LogP contribution < -0.4 is 10.1 Å². The number of nitrogens with zero attached hydrogens (tertiary/aromatic N) is 3. The third-order valence-corrected chi connectivity index (χ3v) is 7.41. The maximum atomic E-state index is 12.6. The van der Waals surface area contributed by atoms with E-state index in [1.807, 2.05) is 0 Å². The second-order valence-electron chi connectivity index (χ2n) is 6.90. The number of ether oxygens (including phenoxy) is 3. The highest BCUT2D eigenvalue weighted by Crippen LogP contribution is 2.34. The molecule has 3 rings (SSSR count). The van der Waals surface area contributed by atoms with Gasteiger partial charge in [-0.1, -0.05) is 35.0 Å². The van der Waals surface area contributed by atoms with E-state index in [9.17, 15) is 14.4 Å². The molecule has 0 unspecified atom stereocenters. The average molecular weight is 559 g/mol. The molecule has 1 N–H and O–H groups in total. The molecular weight excluding hydrogens is 539 g/mol. The fourth-order valence-corrected chi connectivity index (χ4v) is 5.18. The number of nitrogens with one attached hydrogen (secondary N) is 1. The van der Waals surface area contributed by atoms with E-state index in [4.69, 9.17) is 37.4 Å². The number of esters is 2. The van der Waals surface area contributed by atoms with Crippen LogP contribution >= 0.6 is 46.3 Å². The number of hydrogen-bond donors (Lipinski definition) is 1. The first-order chi connectivity index (χ1) is 16.7. The van der Waals surface area contributed by atoms with Gasteiger partial charge in [0.05, 0.1) is 30.6 Å². The third kappa shape index (κ3) is 6.26. The maximum Gasteiger partial charge on any atom is 0.348 e. The molecule has 14 heteroatoms. The maximum absolute atomic E-state index is 12.6. The molecule has 0 saturated carbocycles. The predicted octanol–water partition coefficient (Wildman–Crippen LogP) is 4.37. The molecule has 1 aromatic carbocycles. The van der Waals surface area contributed by atoms with Crippen molar-refractivity contribution in [3.05, 3.63) is 50.1 Å². The third-order valence-electron chi connectivity index (χ3n) is 4.67. The Morgan fingerprint density at radius 3 is 2.51 bits per heavy atom. The molecule has 0 aliphatic rings. The van der Waals surface area contributed by atoms with Crippen molar-refractivity contribution in [1.29, 1.82) is 0 Å². The number of amides is 1. The first kappa shape index (κ1) is 26.8. The van der Waals surface area contributed by atoms with E-state index in [1.165, 1.54) is 14.2 Å². The number of anilines is 1. The van der Waals surface area contributed by atoms with Crippen molar-refractivity contribution in [2.75, 3.05) is 25.3 Å². The quantitative estimate of drug-likeness (QED) is 0.301. The van der Waals surface area contributed by atoms with Gasteiger partial charge in [0.25, 0.3) is 0 Å². The van der Waals surface area contributed by atoms with Crippen LogP contribution in [0.4, 0.5) is 5.00 Å². The summed E-state index contributed by atoms with van der Waals surface area (Å²) in [5.74, 6) is -0.750. The van der Waals surface area contributed by atoms with Gasteiger partial charge in [-0.2, -0.15) is 0 Å². The SMILES string of the molecule is COC(=O)c1sc(NC(=O)CSc2nnc(COc3ccc(Cl)cc3Cl)n2C)c(C(=O)OC)c1C. The van der Waals surface area contributed by atoms with Gasteiger partial charge in [0.1, 0.15) is 22.2 Å². The lowest BCUT2D eigenvalue weighted by atomic mass is 10.1. The van der Waals surface area contributed by atoms with Gasteiger partial charge in [0, 0.05) is 12.1 Å². The molecule has 0 aliphatic heterocycles. The summed E-state index contributed by atoms with van der Waals surface area (Å²) in [6.45, 7) is 1.69. The Morgan fingerprint density at radius 2 is 1.86 bits per heavy atom. The molecule has 2 aromatic heterocycles. The van der Waals surface area contributed by atoms with Crippen molar-refractivity contribution in [1.82, 2.24) is 14.8 Å². The molecule has 0 radical (unpaired) electrons. The minimum atomic E-state index is -0.671. The zero-order valence-electron chi connectivity index (χ0n) is 19.0. The van der Waals surface area contributed by atoms with Gasteiger partial charge < -0.3 is 24.1 Å². The fraction of sp³-hybridized carbons (Fsp3) is 0.286. The molecule has 0 bridgehead atoms. The first-order valence-electron chi connectivity index (χ1n) is 9.85. The molecule has 0 atom stereocenters. The summed E-state index contributed by atoms with van der Waals surface area (Å²) < 4.78 is 16.9. The molecule has 0 fully saturated rings. The van der Waals surface area contributed by atoms with E-state index in [1.54, 1.807) is 36.7 Å². The van der Waals surface area contributed by atoms with E-state index >= 15 is 0 Å². The van der Waals surface area contributed by atoms with Crippen LogP contribution in [0.2, 0.25) is 10.0 Å². The van der Waals surface area contributed by atoms with E-state index in [2.05, 4.69) is 15.5 Å². The number of thiophene rings is 1. The summed E-state index contributed by atoms with van der Waals surface area (Å²) in [7, 11) is 4.19. The Labute approximate surface area is 218 Å². The Balaban J connectivity index is 1.65. The van der Waals surface area contributed by atoms with E-state index in [0.717, 1.165) is 23.1 Å². The van der Waals surface area contributed by atoms with Crippen LogP contribution in [0.25, 0.3) is 0 Å². The van der Waals surface area contributed by atoms with Crippen LogP contribution in [-0.4, -0.2) is 52.6 Å². The van der Waals surface area contributed by atoms with Crippen LogP contribution in [0.1, 0.15) is 31.4 Å². The van der Waals surface area contributed by atoms with Crippen molar-refractivity contribution >= 4 is 69.1 Å². The van der Waals surface area contributed by atoms with Crippen LogP contribution in [0.5, 0.6) is 5.75 Å². The molecule has 2 heterocycles. The van der Waals surface area contributed by atoms with Crippen molar-refractivity contribution < 1.29 is 28.6 Å². The molecule has 10 nitrogen and oxygen atoms in total. The summed E-state index contributed by atoms with van der Waals surface area (Å²) in [4.78, 5) is 37.0. The van der Waals surface area contributed by atoms with Crippen molar-refractivity contribution in [2.24, 2.45) is 7.05 Å². The van der Waals surface area contributed by atoms with Gasteiger partial charge in [-0.3, -0.25) is 4.79 Å². The Morgan fingerprint density at radius 1 is 1.14 bits per heavy atom. The summed E-state index contributed by atoms with van der Waals surface area (Å²) in [5, 5.41) is 12.4. The van der Waals surface area contributed by atoms with Gasteiger partial charge in [0.2, 0.25) is 5.91 Å². The Hall–Kier alpha value is -2.80. The zero-order chi connectivity index (χ0) is 25.7. The van der Waals surface area contributed by atoms with Gasteiger partial charge in [-0.15, -0.1) is 21.5 Å². The number of halogens is 2. The number of rotatable bonds is 9. The molecule has 0 saturated heterocycles. The topological polar surface area (TPSA) is 122 Å². The molecular formula is C21H20Cl2N4O6S2. The van der Waals surface area contributed by atoms with E-state index in [-0.39, 0.29) is 27.8 Å². The largest absolute Gasteiger partial charge is 0.484 e. The molecule has 35 heavy (non-hydrogen) atoms. The summed E-state index contributed by atoms with van der Waals surface area (Å²) in [5.41, 5.74) is 0.477. The molecule has 0 spiro atoms. The number of carbonyl (C=O) groups excluding carboxylic acids is 3. The highest BCUT2D eigenvalue weighted by atomic mass is 35.5. The Kier molecular flexibility index (Phi) is 9.00. The van der Waals surface area contributed by atoms with E-state index in [0.29, 0.717) is 32.3 Å². The van der Waals surface area contributed by atoms with Gasteiger partial charge in [0.15, 0.2) is 11.0 Å². The fourth-order valence-electron chi connectivity index (χ4n) is 2.86. The van der Waals surface area contributed by atoms with Crippen LogP contribution in [-0.2, 0) is 27.9 Å². The summed E-state index contributed by atoms with van der Waals surface area (Å²) in [6.07, 6.45) is 0. The predicted molar refractivity (Wildman–Crippen MR) is 133 cm³/mol. The minimum Gasteiger partial charge on any atom is -0.484 e. The van der Waals surface area contributed by atoms with Crippen molar-refractivity contribution in [3.63, 3.8) is 0 Å². The second kappa shape index (κ2) is 11.8. The second-order valence-corrected chi connectivity index (χ2v) is 9.71. The van der Waals surface area contributed by atoms with Crippen molar-refractivity contribution in [3.8, 4) is 5.75 Å².